The van der Waals surface area contributed by atoms with E-state index in [0.717, 1.165) is 30.5 Å². The van der Waals surface area contributed by atoms with Crippen LogP contribution in [-0.2, 0) is 22.5 Å². The maximum absolute atomic E-state index is 13.0. The van der Waals surface area contributed by atoms with E-state index in [2.05, 4.69) is 32.5 Å². The number of anilines is 1. The largest absolute Gasteiger partial charge is 0.365 e. The van der Waals surface area contributed by atoms with Crippen LogP contribution >= 0.6 is 11.5 Å². The van der Waals surface area contributed by atoms with Crippen LogP contribution < -0.4 is 4.90 Å². The first-order chi connectivity index (χ1) is 12.8. The van der Waals surface area contributed by atoms with Gasteiger partial charge in [-0.1, -0.05) is 24.3 Å². The Labute approximate surface area is 157 Å². The van der Waals surface area contributed by atoms with Crippen LogP contribution in [0.2, 0.25) is 0 Å². The predicted octanol–water partition coefficient (Wildman–Crippen LogP) is 2.21. The number of carbonyl (C=O) groups excluding carboxylic acids is 1. The molecule has 1 aromatic carbocycles. The van der Waals surface area contributed by atoms with E-state index in [1.54, 1.807) is 0 Å². The second kappa shape index (κ2) is 6.63. The third-order valence-electron chi connectivity index (χ3n) is 5.43. The zero-order valence-electron chi connectivity index (χ0n) is 14.6. The molecular formula is C19H22N4O2S. The highest BCUT2D eigenvalue weighted by atomic mass is 32.1. The van der Waals surface area contributed by atoms with Gasteiger partial charge in [0, 0.05) is 37.1 Å². The second-order valence-corrected chi connectivity index (χ2v) is 8.02. The molecule has 1 aliphatic carbocycles. The molecular weight excluding hydrogens is 348 g/mol. The fourth-order valence-electron chi connectivity index (χ4n) is 3.72. The predicted molar refractivity (Wildman–Crippen MR) is 99.4 cm³/mol. The third kappa shape index (κ3) is 3.10. The van der Waals surface area contributed by atoms with E-state index in [1.807, 2.05) is 11.0 Å². The summed E-state index contributed by atoms with van der Waals surface area (Å²) in [7, 11) is 0. The molecule has 1 aromatic heterocycles. The number of rotatable bonds is 3. The molecule has 2 aromatic rings. The van der Waals surface area contributed by atoms with Crippen LogP contribution in [0.25, 0.3) is 0 Å². The van der Waals surface area contributed by atoms with Gasteiger partial charge in [0.1, 0.15) is 5.82 Å². The first-order valence-corrected chi connectivity index (χ1v) is 10.1. The lowest BCUT2D eigenvalue weighted by atomic mass is 9.99. The average molecular weight is 370 g/mol. The Balaban J connectivity index is 1.26. The van der Waals surface area contributed by atoms with Crippen LogP contribution in [-0.4, -0.2) is 52.5 Å². The van der Waals surface area contributed by atoms with Crippen molar-refractivity contribution >= 4 is 22.6 Å². The van der Waals surface area contributed by atoms with Gasteiger partial charge in [0.15, 0.2) is 6.10 Å². The van der Waals surface area contributed by atoms with Gasteiger partial charge in [0.25, 0.3) is 5.91 Å². The van der Waals surface area contributed by atoms with Crippen LogP contribution in [0.3, 0.4) is 0 Å². The highest BCUT2D eigenvalue weighted by Gasteiger charge is 2.34. The van der Waals surface area contributed by atoms with Gasteiger partial charge < -0.3 is 14.5 Å². The van der Waals surface area contributed by atoms with Gasteiger partial charge in [-0.05, 0) is 30.4 Å². The van der Waals surface area contributed by atoms with Crippen molar-refractivity contribution in [3.63, 3.8) is 0 Å². The molecule has 1 unspecified atom stereocenters. The lowest BCUT2D eigenvalue weighted by Crippen LogP contribution is -2.52. The molecule has 2 aliphatic heterocycles. The van der Waals surface area contributed by atoms with Crippen molar-refractivity contribution in [2.75, 3.05) is 31.1 Å². The van der Waals surface area contributed by atoms with Gasteiger partial charge in [0.05, 0.1) is 13.2 Å². The second-order valence-electron chi connectivity index (χ2n) is 7.29. The van der Waals surface area contributed by atoms with Crippen molar-refractivity contribution in [1.82, 2.24) is 14.3 Å². The summed E-state index contributed by atoms with van der Waals surface area (Å²) < 4.78 is 10.3. The van der Waals surface area contributed by atoms with Gasteiger partial charge in [-0.15, -0.1) is 0 Å². The number of benzene rings is 1. The van der Waals surface area contributed by atoms with E-state index in [-0.39, 0.29) is 5.91 Å². The number of ether oxygens (including phenoxy) is 1. The molecule has 1 amide bonds. The first-order valence-electron chi connectivity index (χ1n) is 9.33. The Kier molecular flexibility index (Phi) is 4.13. The summed E-state index contributed by atoms with van der Waals surface area (Å²) in [5.74, 6) is 1.63. The van der Waals surface area contributed by atoms with Crippen LogP contribution in [0.5, 0.6) is 0 Å². The monoisotopic (exact) mass is 370 g/mol. The van der Waals surface area contributed by atoms with Crippen molar-refractivity contribution in [3.8, 4) is 0 Å². The summed E-state index contributed by atoms with van der Waals surface area (Å²) in [6, 6.07) is 8.38. The molecule has 3 heterocycles. The van der Waals surface area contributed by atoms with Crippen LogP contribution in [0.4, 0.5) is 5.13 Å². The van der Waals surface area contributed by atoms with Crippen molar-refractivity contribution in [3.05, 3.63) is 41.2 Å². The Morgan fingerprint density at radius 2 is 2.04 bits per heavy atom. The minimum Gasteiger partial charge on any atom is -0.365 e. The number of hydrogen-bond acceptors (Lipinski definition) is 6. The van der Waals surface area contributed by atoms with Crippen molar-refractivity contribution in [1.29, 1.82) is 0 Å². The third-order valence-corrected chi connectivity index (χ3v) is 6.22. The van der Waals surface area contributed by atoms with Gasteiger partial charge in [-0.2, -0.15) is 4.37 Å². The lowest BCUT2D eigenvalue weighted by molar-refractivity contribution is -0.145. The number of amides is 1. The highest BCUT2D eigenvalue weighted by Crippen LogP contribution is 2.39. The minimum atomic E-state index is -0.415. The van der Waals surface area contributed by atoms with Crippen LogP contribution in [0.15, 0.2) is 24.3 Å². The standard InChI is InChI=1S/C19H22N4O2S/c24-18(22-8-7-13-3-1-2-4-15(13)11-22)16-12-23(9-10-25-16)19-20-17(21-26-19)14-5-6-14/h1-4,14,16H,5-12H2. The molecule has 0 spiro atoms. The zero-order valence-corrected chi connectivity index (χ0v) is 15.5. The van der Waals surface area contributed by atoms with Gasteiger partial charge in [-0.3, -0.25) is 4.79 Å². The van der Waals surface area contributed by atoms with Crippen molar-refractivity contribution in [2.45, 2.75) is 37.8 Å². The average Bonchev–Trinajstić information content (AvgIpc) is 3.44. The van der Waals surface area contributed by atoms with Gasteiger partial charge >= 0.3 is 0 Å². The molecule has 1 saturated heterocycles. The molecule has 1 atom stereocenters. The zero-order chi connectivity index (χ0) is 17.5. The Hall–Kier alpha value is -1.99. The quantitative estimate of drug-likeness (QED) is 0.829. The van der Waals surface area contributed by atoms with E-state index < -0.39 is 6.10 Å². The van der Waals surface area contributed by atoms with Gasteiger partial charge in [0.2, 0.25) is 5.13 Å². The Morgan fingerprint density at radius 3 is 2.88 bits per heavy atom. The summed E-state index contributed by atoms with van der Waals surface area (Å²) in [6.07, 6.45) is 2.91. The summed E-state index contributed by atoms with van der Waals surface area (Å²) >= 11 is 1.45. The normalized spacial score (nSPS) is 23.0. The summed E-state index contributed by atoms with van der Waals surface area (Å²) in [5, 5.41) is 0.928. The maximum Gasteiger partial charge on any atom is 0.253 e. The molecule has 0 bridgehead atoms. The number of hydrogen-bond donors (Lipinski definition) is 0. The molecule has 1 saturated carbocycles. The SMILES string of the molecule is O=C(C1CN(c2nc(C3CC3)ns2)CCO1)N1CCc2ccccc2C1. The number of morpholine rings is 1. The lowest BCUT2D eigenvalue weighted by Gasteiger charge is -2.36. The number of aromatic nitrogens is 2. The van der Waals surface area contributed by atoms with Crippen molar-refractivity contribution < 1.29 is 9.53 Å². The molecule has 5 rings (SSSR count). The topological polar surface area (TPSA) is 58.6 Å². The summed E-state index contributed by atoms with van der Waals surface area (Å²) in [6.45, 7) is 3.33. The van der Waals surface area contributed by atoms with Crippen LogP contribution in [0, 0.1) is 0 Å². The minimum absolute atomic E-state index is 0.0936. The van der Waals surface area contributed by atoms with E-state index in [1.165, 1.54) is 35.5 Å². The number of carbonyl (C=O) groups is 1. The summed E-state index contributed by atoms with van der Waals surface area (Å²) in [5.41, 5.74) is 2.60. The molecule has 136 valence electrons. The summed E-state index contributed by atoms with van der Waals surface area (Å²) in [4.78, 5) is 21.8. The first kappa shape index (κ1) is 16.2. The number of nitrogens with zero attached hydrogens (tertiary/aromatic N) is 4. The highest BCUT2D eigenvalue weighted by molar-refractivity contribution is 7.09. The van der Waals surface area contributed by atoms with Crippen LogP contribution in [0.1, 0.15) is 35.7 Å². The molecule has 26 heavy (non-hydrogen) atoms. The van der Waals surface area contributed by atoms with Gasteiger partial charge in [-0.25, -0.2) is 4.98 Å². The molecule has 6 nitrogen and oxygen atoms in total. The molecule has 7 heteroatoms. The maximum atomic E-state index is 13.0. The fraction of sp³-hybridized carbons (Fsp3) is 0.526. The molecule has 0 radical (unpaired) electrons. The van der Waals surface area contributed by atoms with Crippen molar-refractivity contribution in [2.24, 2.45) is 0 Å². The smallest absolute Gasteiger partial charge is 0.253 e. The van der Waals surface area contributed by atoms with E-state index in [4.69, 9.17) is 4.74 Å². The Bertz CT molecular complexity index is 819. The Morgan fingerprint density at radius 1 is 1.19 bits per heavy atom. The molecule has 2 fully saturated rings. The molecule has 3 aliphatic rings. The van der Waals surface area contributed by atoms with E-state index in [0.29, 0.717) is 25.6 Å². The van der Waals surface area contributed by atoms with E-state index in [9.17, 15) is 4.79 Å². The number of fused-ring (bicyclic) bond motifs is 1. The fourth-order valence-corrected chi connectivity index (χ4v) is 4.50. The van der Waals surface area contributed by atoms with E-state index >= 15 is 0 Å². The molecule has 0 N–H and O–H groups in total.